The maximum absolute atomic E-state index is 13.3. The molecular weight excluding hydrogens is 383 g/mol. The summed E-state index contributed by atoms with van der Waals surface area (Å²) < 4.78 is 6.85. The highest BCUT2D eigenvalue weighted by molar-refractivity contribution is 6.36. The monoisotopic (exact) mass is 396 g/mol. The van der Waals surface area contributed by atoms with Crippen molar-refractivity contribution in [3.05, 3.63) is 87.1 Å². The summed E-state index contributed by atoms with van der Waals surface area (Å²) in [5.74, 6) is 1.08. The van der Waals surface area contributed by atoms with Crippen LogP contribution < -0.4 is 10.3 Å². The summed E-state index contributed by atoms with van der Waals surface area (Å²) in [4.78, 5) is 18.0. The molecule has 0 amide bonds. The summed E-state index contributed by atoms with van der Waals surface area (Å²) in [6, 6.07) is 19.6. The summed E-state index contributed by atoms with van der Waals surface area (Å²) >= 11 is 12.5. The van der Waals surface area contributed by atoms with Crippen molar-refractivity contribution in [1.82, 2.24) is 9.55 Å². The number of para-hydroxylation sites is 1. The van der Waals surface area contributed by atoms with Gasteiger partial charge in [0, 0.05) is 16.7 Å². The van der Waals surface area contributed by atoms with Gasteiger partial charge in [-0.25, -0.2) is 4.98 Å². The van der Waals surface area contributed by atoms with Crippen molar-refractivity contribution in [2.24, 2.45) is 0 Å². The Labute approximate surface area is 165 Å². The van der Waals surface area contributed by atoms with Gasteiger partial charge >= 0.3 is 0 Å². The van der Waals surface area contributed by atoms with Crippen LogP contribution in [-0.4, -0.2) is 16.7 Å². The van der Waals surface area contributed by atoms with Gasteiger partial charge in [0.15, 0.2) is 0 Å². The summed E-state index contributed by atoms with van der Waals surface area (Å²) in [6.07, 6.45) is 0. The molecule has 0 saturated carbocycles. The maximum atomic E-state index is 13.3. The van der Waals surface area contributed by atoms with E-state index in [-0.39, 0.29) is 5.56 Å². The zero-order chi connectivity index (χ0) is 19.0. The Hall–Kier alpha value is -2.82. The maximum Gasteiger partial charge on any atom is 0.266 e. The predicted octanol–water partition coefficient (Wildman–Crippen LogP) is 5.37. The van der Waals surface area contributed by atoms with Crippen LogP contribution in [0.5, 0.6) is 5.75 Å². The van der Waals surface area contributed by atoms with Crippen LogP contribution in [0.1, 0.15) is 0 Å². The topological polar surface area (TPSA) is 44.1 Å². The summed E-state index contributed by atoms with van der Waals surface area (Å²) in [5, 5.41) is 1.45. The molecule has 0 fully saturated rings. The zero-order valence-corrected chi connectivity index (χ0v) is 15.8. The second kappa shape index (κ2) is 7.06. The van der Waals surface area contributed by atoms with Gasteiger partial charge in [-0.15, -0.1) is 0 Å². The number of halogens is 2. The molecule has 4 nitrogen and oxygen atoms in total. The minimum absolute atomic E-state index is 0.185. The highest BCUT2D eigenvalue weighted by Gasteiger charge is 2.17. The lowest BCUT2D eigenvalue weighted by molar-refractivity contribution is 0.414. The molecule has 0 bridgehead atoms. The molecule has 27 heavy (non-hydrogen) atoms. The van der Waals surface area contributed by atoms with Crippen LogP contribution in [0.4, 0.5) is 0 Å². The first-order valence-corrected chi connectivity index (χ1v) is 8.96. The third-order valence-corrected chi connectivity index (χ3v) is 4.81. The van der Waals surface area contributed by atoms with Crippen LogP contribution in [0.15, 0.2) is 71.5 Å². The van der Waals surface area contributed by atoms with Crippen molar-refractivity contribution in [3.63, 3.8) is 0 Å². The van der Waals surface area contributed by atoms with E-state index in [0.717, 1.165) is 0 Å². The Morgan fingerprint density at radius 2 is 1.78 bits per heavy atom. The Morgan fingerprint density at radius 3 is 2.56 bits per heavy atom. The average Bonchev–Trinajstić information content (AvgIpc) is 2.68. The SMILES string of the molecule is COc1cccc(-n2c(-c3ccc(Cl)cc3Cl)nc3ccccc3c2=O)c1. The fraction of sp³-hybridized carbons (Fsp3) is 0.0476. The van der Waals surface area contributed by atoms with Gasteiger partial charge in [-0.3, -0.25) is 9.36 Å². The number of fused-ring (bicyclic) bond motifs is 1. The molecule has 0 aliphatic carbocycles. The Kier molecular flexibility index (Phi) is 4.60. The minimum Gasteiger partial charge on any atom is -0.497 e. The van der Waals surface area contributed by atoms with Crippen LogP contribution in [0, 0.1) is 0 Å². The van der Waals surface area contributed by atoms with Crippen LogP contribution in [-0.2, 0) is 0 Å². The highest BCUT2D eigenvalue weighted by atomic mass is 35.5. The molecule has 1 heterocycles. The smallest absolute Gasteiger partial charge is 0.266 e. The summed E-state index contributed by atoms with van der Waals surface area (Å²) in [5.41, 5.74) is 1.67. The number of ether oxygens (including phenoxy) is 1. The normalized spacial score (nSPS) is 10.9. The first-order valence-electron chi connectivity index (χ1n) is 8.20. The van der Waals surface area contributed by atoms with E-state index >= 15 is 0 Å². The van der Waals surface area contributed by atoms with Gasteiger partial charge in [0.2, 0.25) is 0 Å². The number of benzene rings is 3. The Bertz CT molecular complexity index is 1220. The van der Waals surface area contributed by atoms with E-state index in [4.69, 9.17) is 32.9 Å². The Morgan fingerprint density at radius 1 is 0.963 bits per heavy atom. The molecular formula is C21H14Cl2N2O2. The first kappa shape index (κ1) is 17.6. The molecule has 0 radical (unpaired) electrons. The zero-order valence-electron chi connectivity index (χ0n) is 14.3. The molecule has 0 saturated heterocycles. The second-order valence-corrected chi connectivity index (χ2v) is 6.76. The number of methoxy groups -OCH3 is 1. The van der Waals surface area contributed by atoms with E-state index in [1.165, 1.54) is 0 Å². The molecule has 4 rings (SSSR count). The number of rotatable bonds is 3. The van der Waals surface area contributed by atoms with Gasteiger partial charge in [0.05, 0.1) is 28.7 Å². The third-order valence-electron chi connectivity index (χ3n) is 4.26. The molecule has 1 aromatic heterocycles. The lowest BCUT2D eigenvalue weighted by Crippen LogP contribution is -2.22. The van der Waals surface area contributed by atoms with Gasteiger partial charge in [-0.1, -0.05) is 41.4 Å². The fourth-order valence-corrected chi connectivity index (χ4v) is 3.47. The van der Waals surface area contributed by atoms with E-state index in [9.17, 15) is 4.79 Å². The van der Waals surface area contributed by atoms with Crippen molar-refractivity contribution < 1.29 is 4.74 Å². The van der Waals surface area contributed by atoms with Crippen LogP contribution in [0.2, 0.25) is 10.0 Å². The van der Waals surface area contributed by atoms with Crippen molar-refractivity contribution in [3.8, 4) is 22.8 Å². The average molecular weight is 397 g/mol. The number of hydrogen-bond donors (Lipinski definition) is 0. The summed E-state index contributed by atoms with van der Waals surface area (Å²) in [7, 11) is 1.58. The molecule has 0 atom stereocenters. The van der Waals surface area contributed by atoms with E-state index in [1.54, 1.807) is 48.1 Å². The van der Waals surface area contributed by atoms with Crippen molar-refractivity contribution in [2.75, 3.05) is 7.11 Å². The van der Waals surface area contributed by atoms with Gasteiger partial charge in [0.1, 0.15) is 11.6 Å². The number of aromatic nitrogens is 2. The Balaban J connectivity index is 2.11. The van der Waals surface area contributed by atoms with E-state index in [2.05, 4.69) is 0 Å². The van der Waals surface area contributed by atoms with E-state index < -0.39 is 0 Å². The first-order chi connectivity index (χ1) is 13.1. The molecule has 4 aromatic rings. The fourth-order valence-electron chi connectivity index (χ4n) is 2.97. The minimum atomic E-state index is -0.185. The molecule has 0 spiro atoms. The largest absolute Gasteiger partial charge is 0.497 e. The number of hydrogen-bond acceptors (Lipinski definition) is 3. The molecule has 0 unspecified atom stereocenters. The van der Waals surface area contributed by atoms with Crippen molar-refractivity contribution >= 4 is 34.1 Å². The van der Waals surface area contributed by atoms with E-state index in [0.29, 0.717) is 43.8 Å². The van der Waals surface area contributed by atoms with Gasteiger partial charge in [-0.2, -0.15) is 0 Å². The molecule has 134 valence electrons. The van der Waals surface area contributed by atoms with Crippen LogP contribution in [0.25, 0.3) is 28.0 Å². The van der Waals surface area contributed by atoms with Crippen LogP contribution >= 0.6 is 23.2 Å². The summed E-state index contributed by atoms with van der Waals surface area (Å²) in [6.45, 7) is 0. The molecule has 6 heteroatoms. The third kappa shape index (κ3) is 3.18. The molecule has 0 aliphatic heterocycles. The molecule has 0 N–H and O–H groups in total. The number of nitrogens with zero attached hydrogens (tertiary/aromatic N) is 2. The lowest BCUT2D eigenvalue weighted by atomic mass is 10.1. The van der Waals surface area contributed by atoms with Crippen LogP contribution in [0.3, 0.4) is 0 Å². The molecule has 0 aliphatic rings. The van der Waals surface area contributed by atoms with Gasteiger partial charge < -0.3 is 4.74 Å². The quantitative estimate of drug-likeness (QED) is 0.467. The second-order valence-electron chi connectivity index (χ2n) is 5.92. The van der Waals surface area contributed by atoms with Gasteiger partial charge in [0.25, 0.3) is 5.56 Å². The lowest BCUT2D eigenvalue weighted by Gasteiger charge is -2.15. The molecule has 3 aromatic carbocycles. The van der Waals surface area contributed by atoms with Gasteiger partial charge in [-0.05, 0) is 42.5 Å². The van der Waals surface area contributed by atoms with Crippen molar-refractivity contribution in [1.29, 1.82) is 0 Å². The van der Waals surface area contributed by atoms with Crippen molar-refractivity contribution in [2.45, 2.75) is 0 Å². The highest BCUT2D eigenvalue weighted by Crippen LogP contribution is 2.31. The predicted molar refractivity (Wildman–Crippen MR) is 109 cm³/mol. The standard InChI is InChI=1S/C21H14Cl2N2O2/c1-27-15-6-4-5-14(12-15)25-20(16-10-9-13(22)11-18(16)23)24-19-8-3-2-7-17(19)21(25)26/h2-12H,1H3. The van der Waals surface area contributed by atoms with E-state index in [1.807, 2.05) is 30.3 Å².